The fraction of sp³-hybridized carbons (Fsp3) is 0.308. The van der Waals surface area contributed by atoms with E-state index in [4.69, 9.17) is 22.0 Å². The van der Waals surface area contributed by atoms with E-state index < -0.39 is 17.3 Å². The first-order valence-corrected chi connectivity index (χ1v) is 5.97. The van der Waals surface area contributed by atoms with Crippen LogP contribution < -0.4 is 5.32 Å². The Labute approximate surface area is 115 Å². The summed E-state index contributed by atoms with van der Waals surface area (Å²) in [5.41, 5.74) is -0.814. The summed E-state index contributed by atoms with van der Waals surface area (Å²) in [6.07, 6.45) is 0.371. The second-order valence-corrected chi connectivity index (χ2v) is 4.66. The highest BCUT2D eigenvalue weighted by molar-refractivity contribution is 6.33. The van der Waals surface area contributed by atoms with Crippen molar-refractivity contribution >= 4 is 29.2 Å². The van der Waals surface area contributed by atoms with Gasteiger partial charge in [-0.3, -0.25) is 4.79 Å². The molecule has 0 radical (unpaired) electrons. The van der Waals surface area contributed by atoms with Crippen LogP contribution >= 0.6 is 11.6 Å². The second kappa shape index (κ2) is 5.72. The largest absolute Gasteiger partial charge is 0.478 e. The maximum atomic E-state index is 11.9. The van der Waals surface area contributed by atoms with Crippen molar-refractivity contribution in [3.05, 3.63) is 28.8 Å². The molecule has 6 heteroatoms. The number of aromatic carboxylic acids is 1. The van der Waals surface area contributed by atoms with E-state index >= 15 is 0 Å². The van der Waals surface area contributed by atoms with E-state index in [-0.39, 0.29) is 10.6 Å². The van der Waals surface area contributed by atoms with Gasteiger partial charge >= 0.3 is 5.97 Å². The van der Waals surface area contributed by atoms with Gasteiger partial charge < -0.3 is 10.4 Å². The van der Waals surface area contributed by atoms with E-state index in [0.29, 0.717) is 12.1 Å². The number of amides is 1. The molecule has 0 spiro atoms. The smallest absolute Gasteiger partial charge is 0.337 e. The minimum absolute atomic E-state index is 0.0282. The third kappa shape index (κ3) is 3.24. The van der Waals surface area contributed by atoms with E-state index in [2.05, 4.69) is 5.32 Å². The van der Waals surface area contributed by atoms with Crippen LogP contribution in [0.3, 0.4) is 0 Å². The van der Waals surface area contributed by atoms with Crippen LogP contribution in [0.1, 0.15) is 30.6 Å². The van der Waals surface area contributed by atoms with Crippen LogP contribution in [0.2, 0.25) is 5.02 Å². The molecule has 1 unspecified atom stereocenters. The van der Waals surface area contributed by atoms with E-state index in [1.165, 1.54) is 25.1 Å². The summed E-state index contributed by atoms with van der Waals surface area (Å²) >= 11 is 5.79. The average Bonchev–Trinajstić information content (AvgIpc) is 2.37. The number of carbonyl (C=O) groups is 2. The number of hydrogen-bond acceptors (Lipinski definition) is 3. The van der Waals surface area contributed by atoms with E-state index in [1.807, 2.05) is 6.07 Å². The highest BCUT2D eigenvalue weighted by Gasteiger charge is 2.31. The van der Waals surface area contributed by atoms with Crippen LogP contribution in [-0.4, -0.2) is 17.0 Å². The van der Waals surface area contributed by atoms with Gasteiger partial charge in [0, 0.05) is 5.69 Å². The first kappa shape index (κ1) is 15.0. The zero-order valence-electron chi connectivity index (χ0n) is 10.5. The lowest BCUT2D eigenvalue weighted by molar-refractivity contribution is -0.122. The number of carboxylic acids is 1. The number of nitriles is 1. The Balaban J connectivity index is 2.97. The van der Waals surface area contributed by atoms with Gasteiger partial charge in [0.05, 0.1) is 16.7 Å². The number of carbonyl (C=O) groups excluding carboxylic acids is 1. The minimum atomic E-state index is -1.14. The molecule has 0 fully saturated rings. The molecule has 0 saturated heterocycles. The summed E-state index contributed by atoms with van der Waals surface area (Å²) in [6.45, 7) is 3.28. The highest BCUT2D eigenvalue weighted by atomic mass is 35.5. The minimum Gasteiger partial charge on any atom is -0.478 e. The molecule has 0 aliphatic carbocycles. The van der Waals surface area contributed by atoms with Gasteiger partial charge in [0.1, 0.15) is 5.41 Å². The zero-order chi connectivity index (χ0) is 14.6. The molecular weight excluding hydrogens is 268 g/mol. The van der Waals surface area contributed by atoms with Crippen molar-refractivity contribution in [3.8, 4) is 6.07 Å². The number of nitrogens with zero attached hydrogens (tertiary/aromatic N) is 1. The van der Waals surface area contributed by atoms with Crippen molar-refractivity contribution in [3.63, 3.8) is 0 Å². The van der Waals surface area contributed by atoms with Gasteiger partial charge in [-0.1, -0.05) is 18.5 Å². The fourth-order valence-electron chi connectivity index (χ4n) is 1.33. The molecule has 0 aliphatic rings. The number of carboxylic acid groups (broad SMARTS) is 1. The first-order valence-electron chi connectivity index (χ1n) is 5.59. The first-order chi connectivity index (χ1) is 8.84. The Bertz CT molecular complexity index is 565. The predicted octanol–water partition coefficient (Wildman–Crippen LogP) is 2.92. The molecule has 0 aromatic heterocycles. The molecule has 19 heavy (non-hydrogen) atoms. The third-order valence-electron chi connectivity index (χ3n) is 2.91. The summed E-state index contributed by atoms with van der Waals surface area (Å²) in [7, 11) is 0. The normalized spacial score (nSPS) is 13.2. The number of anilines is 1. The molecule has 1 amide bonds. The molecule has 1 aromatic rings. The number of hydrogen-bond donors (Lipinski definition) is 2. The lowest BCUT2D eigenvalue weighted by atomic mass is 9.88. The molecule has 1 aromatic carbocycles. The van der Waals surface area contributed by atoms with Gasteiger partial charge in [-0.25, -0.2) is 4.79 Å². The van der Waals surface area contributed by atoms with Crippen LogP contribution in [0.25, 0.3) is 0 Å². The zero-order valence-corrected chi connectivity index (χ0v) is 11.3. The molecule has 5 nitrogen and oxygen atoms in total. The van der Waals surface area contributed by atoms with Crippen molar-refractivity contribution in [2.45, 2.75) is 20.3 Å². The Kier molecular flexibility index (Phi) is 4.52. The van der Waals surface area contributed by atoms with E-state index in [9.17, 15) is 9.59 Å². The van der Waals surface area contributed by atoms with Gasteiger partial charge in [-0.2, -0.15) is 5.26 Å². The van der Waals surface area contributed by atoms with Crippen molar-refractivity contribution in [1.29, 1.82) is 5.26 Å². The second-order valence-electron chi connectivity index (χ2n) is 4.25. The fourth-order valence-corrected chi connectivity index (χ4v) is 1.59. The van der Waals surface area contributed by atoms with Crippen LogP contribution in [-0.2, 0) is 4.79 Å². The average molecular weight is 281 g/mol. The van der Waals surface area contributed by atoms with Crippen LogP contribution in [0, 0.1) is 16.7 Å². The maximum Gasteiger partial charge on any atom is 0.337 e. The Morgan fingerprint density at radius 3 is 2.58 bits per heavy atom. The third-order valence-corrected chi connectivity index (χ3v) is 3.23. The van der Waals surface area contributed by atoms with Crippen LogP contribution in [0.4, 0.5) is 5.69 Å². The SMILES string of the molecule is CCC(C)(C#N)C(=O)Nc1ccc(C(=O)O)c(Cl)c1. The molecule has 1 rings (SSSR count). The molecule has 1 atom stereocenters. The van der Waals surface area contributed by atoms with Gasteiger partial charge in [-0.05, 0) is 31.5 Å². The lowest BCUT2D eigenvalue weighted by Gasteiger charge is -2.18. The van der Waals surface area contributed by atoms with Crippen LogP contribution in [0.5, 0.6) is 0 Å². The van der Waals surface area contributed by atoms with Crippen LogP contribution in [0.15, 0.2) is 18.2 Å². The van der Waals surface area contributed by atoms with E-state index in [1.54, 1.807) is 6.92 Å². The van der Waals surface area contributed by atoms with Crippen molar-refractivity contribution in [2.24, 2.45) is 5.41 Å². The van der Waals surface area contributed by atoms with E-state index in [0.717, 1.165) is 0 Å². The molecule has 0 aliphatic heterocycles. The number of halogens is 1. The summed E-state index contributed by atoms with van der Waals surface area (Å²) < 4.78 is 0. The molecule has 2 N–H and O–H groups in total. The molecule has 0 saturated carbocycles. The number of nitrogens with one attached hydrogen (secondary N) is 1. The summed E-state index contributed by atoms with van der Waals surface area (Å²) in [5.74, 6) is -1.59. The van der Waals surface area contributed by atoms with Gasteiger partial charge in [-0.15, -0.1) is 0 Å². The van der Waals surface area contributed by atoms with Crippen molar-refractivity contribution in [2.75, 3.05) is 5.32 Å². The maximum absolute atomic E-state index is 11.9. The van der Waals surface area contributed by atoms with Crippen molar-refractivity contribution < 1.29 is 14.7 Å². The highest BCUT2D eigenvalue weighted by Crippen LogP contribution is 2.25. The predicted molar refractivity (Wildman–Crippen MR) is 71.1 cm³/mol. The summed E-state index contributed by atoms with van der Waals surface area (Å²) in [5, 5.41) is 20.4. The van der Waals surface area contributed by atoms with Gasteiger partial charge in [0.25, 0.3) is 0 Å². The van der Waals surface area contributed by atoms with Gasteiger partial charge in [0.2, 0.25) is 5.91 Å². The quantitative estimate of drug-likeness (QED) is 0.887. The Morgan fingerprint density at radius 1 is 1.53 bits per heavy atom. The monoisotopic (exact) mass is 280 g/mol. The Hall–Kier alpha value is -2.06. The summed E-state index contributed by atoms with van der Waals surface area (Å²) in [6, 6.07) is 6.03. The lowest BCUT2D eigenvalue weighted by Crippen LogP contribution is -2.31. The number of benzene rings is 1. The molecule has 100 valence electrons. The van der Waals surface area contributed by atoms with Gasteiger partial charge in [0.15, 0.2) is 0 Å². The topological polar surface area (TPSA) is 90.2 Å². The molecule has 0 heterocycles. The number of rotatable bonds is 4. The Morgan fingerprint density at radius 2 is 2.16 bits per heavy atom. The molecule has 0 bridgehead atoms. The molecular formula is C13H13ClN2O3. The standard InChI is InChI=1S/C13H13ClN2O3/c1-3-13(2,7-15)12(19)16-8-4-5-9(11(17)18)10(14)6-8/h4-6H,3H2,1-2H3,(H,16,19)(H,17,18). The van der Waals surface area contributed by atoms with Crippen molar-refractivity contribution in [1.82, 2.24) is 0 Å². The summed E-state index contributed by atoms with van der Waals surface area (Å²) in [4.78, 5) is 22.7.